The molecule has 0 amide bonds. The molecule has 0 N–H and O–H groups in total. The van der Waals surface area contributed by atoms with Gasteiger partial charge in [0.25, 0.3) is 0 Å². The summed E-state index contributed by atoms with van der Waals surface area (Å²) in [4.78, 5) is 0.228. The van der Waals surface area contributed by atoms with Crippen LogP contribution in [-0.2, 0) is 6.54 Å². The zero-order chi connectivity index (χ0) is 13.7. The van der Waals surface area contributed by atoms with Crippen LogP contribution in [0.4, 0.5) is 0 Å². The third kappa shape index (κ3) is 4.51. The van der Waals surface area contributed by atoms with Gasteiger partial charge < -0.3 is 4.74 Å². The molecule has 0 saturated heterocycles. The molecule has 19 heavy (non-hydrogen) atoms. The lowest BCUT2D eigenvalue weighted by atomic mass is 10.3. The summed E-state index contributed by atoms with van der Waals surface area (Å²) < 4.78 is 7.44. The molecule has 0 spiro atoms. The SMILES string of the molecule is CC(Br)c1cn(CCCOc2ccc(Cl)cc2)nn1. The van der Waals surface area contributed by atoms with Gasteiger partial charge in [0.05, 0.1) is 17.1 Å². The van der Waals surface area contributed by atoms with Crippen LogP contribution in [0.25, 0.3) is 0 Å². The smallest absolute Gasteiger partial charge is 0.119 e. The van der Waals surface area contributed by atoms with Crippen LogP contribution < -0.4 is 4.74 Å². The number of hydrogen-bond donors (Lipinski definition) is 0. The van der Waals surface area contributed by atoms with Crippen LogP contribution in [-0.4, -0.2) is 21.6 Å². The highest BCUT2D eigenvalue weighted by molar-refractivity contribution is 9.09. The highest BCUT2D eigenvalue weighted by atomic mass is 79.9. The lowest BCUT2D eigenvalue weighted by Gasteiger charge is -2.05. The van der Waals surface area contributed by atoms with E-state index in [4.69, 9.17) is 16.3 Å². The Morgan fingerprint density at radius 1 is 1.37 bits per heavy atom. The van der Waals surface area contributed by atoms with Gasteiger partial charge >= 0.3 is 0 Å². The second kappa shape index (κ2) is 6.91. The van der Waals surface area contributed by atoms with Gasteiger partial charge in [-0.25, -0.2) is 0 Å². The average Bonchev–Trinajstić information content (AvgIpc) is 2.86. The number of nitrogens with zero attached hydrogens (tertiary/aromatic N) is 3. The summed E-state index contributed by atoms with van der Waals surface area (Å²) in [5.74, 6) is 0.831. The molecule has 4 nitrogen and oxygen atoms in total. The van der Waals surface area contributed by atoms with Crippen molar-refractivity contribution in [2.75, 3.05) is 6.61 Å². The highest BCUT2D eigenvalue weighted by Crippen LogP contribution is 2.18. The molecule has 0 radical (unpaired) electrons. The Balaban J connectivity index is 1.72. The summed E-state index contributed by atoms with van der Waals surface area (Å²) in [7, 11) is 0. The van der Waals surface area contributed by atoms with Crippen LogP contribution >= 0.6 is 27.5 Å². The molecule has 2 aromatic rings. The van der Waals surface area contributed by atoms with Crippen LogP contribution in [0.15, 0.2) is 30.5 Å². The van der Waals surface area contributed by atoms with Crippen LogP contribution in [0.3, 0.4) is 0 Å². The summed E-state index contributed by atoms with van der Waals surface area (Å²) in [6.07, 6.45) is 2.82. The maximum Gasteiger partial charge on any atom is 0.119 e. The summed E-state index contributed by atoms with van der Waals surface area (Å²) in [6, 6.07) is 7.36. The number of ether oxygens (including phenoxy) is 1. The minimum atomic E-state index is 0.228. The van der Waals surface area contributed by atoms with Gasteiger partial charge in [-0.05, 0) is 31.2 Å². The maximum absolute atomic E-state index is 5.80. The molecule has 0 aliphatic heterocycles. The Morgan fingerprint density at radius 2 is 2.11 bits per heavy atom. The number of alkyl halides is 1. The van der Waals surface area contributed by atoms with Gasteiger partial charge in [0, 0.05) is 24.2 Å². The third-order valence-corrected chi connectivity index (χ3v) is 3.30. The molecule has 1 aromatic heterocycles. The van der Waals surface area contributed by atoms with Crippen molar-refractivity contribution in [2.24, 2.45) is 0 Å². The normalized spacial score (nSPS) is 12.4. The van der Waals surface area contributed by atoms with Crippen molar-refractivity contribution in [2.45, 2.75) is 24.7 Å². The Kier molecular flexibility index (Phi) is 5.22. The predicted molar refractivity (Wildman–Crippen MR) is 78.9 cm³/mol. The zero-order valence-corrected chi connectivity index (χ0v) is 12.9. The van der Waals surface area contributed by atoms with Crippen molar-refractivity contribution < 1.29 is 4.74 Å². The first-order chi connectivity index (χ1) is 9.15. The van der Waals surface area contributed by atoms with Gasteiger partial charge in [-0.3, -0.25) is 4.68 Å². The Morgan fingerprint density at radius 3 is 2.74 bits per heavy atom. The number of aryl methyl sites for hydroxylation is 1. The fourth-order valence-electron chi connectivity index (χ4n) is 1.55. The summed E-state index contributed by atoms with van der Waals surface area (Å²) in [6.45, 7) is 3.46. The molecule has 0 saturated carbocycles. The van der Waals surface area contributed by atoms with E-state index in [0.29, 0.717) is 11.6 Å². The quantitative estimate of drug-likeness (QED) is 0.590. The highest BCUT2D eigenvalue weighted by Gasteiger charge is 2.05. The van der Waals surface area contributed by atoms with Crippen LogP contribution in [0.5, 0.6) is 5.75 Å². The Bertz CT molecular complexity index is 513. The van der Waals surface area contributed by atoms with E-state index in [9.17, 15) is 0 Å². The molecule has 0 aliphatic rings. The van der Waals surface area contributed by atoms with Crippen LogP contribution in [0.1, 0.15) is 23.9 Å². The lowest BCUT2D eigenvalue weighted by molar-refractivity contribution is 0.298. The molecular weight excluding hydrogens is 330 g/mol. The molecule has 1 atom stereocenters. The van der Waals surface area contributed by atoms with Crippen molar-refractivity contribution in [1.82, 2.24) is 15.0 Å². The molecule has 6 heteroatoms. The van der Waals surface area contributed by atoms with E-state index < -0.39 is 0 Å². The Hall–Kier alpha value is -1.07. The summed E-state index contributed by atoms with van der Waals surface area (Å²) >= 11 is 9.27. The molecule has 2 rings (SSSR count). The van der Waals surface area contributed by atoms with Gasteiger partial charge in [-0.2, -0.15) is 0 Å². The van der Waals surface area contributed by atoms with E-state index in [1.165, 1.54) is 0 Å². The van der Waals surface area contributed by atoms with Crippen molar-refractivity contribution in [3.8, 4) is 5.75 Å². The van der Waals surface area contributed by atoms with E-state index in [1.54, 1.807) is 0 Å². The maximum atomic E-state index is 5.80. The van der Waals surface area contributed by atoms with Crippen molar-refractivity contribution in [3.63, 3.8) is 0 Å². The van der Waals surface area contributed by atoms with E-state index >= 15 is 0 Å². The van der Waals surface area contributed by atoms with E-state index in [-0.39, 0.29) is 4.83 Å². The number of aromatic nitrogens is 3. The van der Waals surface area contributed by atoms with Crippen molar-refractivity contribution in [3.05, 3.63) is 41.2 Å². The second-order valence-electron chi connectivity index (χ2n) is 4.18. The van der Waals surface area contributed by atoms with Gasteiger partial charge in [0.2, 0.25) is 0 Å². The minimum absolute atomic E-state index is 0.228. The standard InChI is InChI=1S/C13H15BrClN3O/c1-10(14)13-9-18(17-16-13)7-2-8-19-12-5-3-11(15)4-6-12/h3-6,9-10H,2,7-8H2,1H3. The van der Waals surface area contributed by atoms with Crippen molar-refractivity contribution in [1.29, 1.82) is 0 Å². The molecule has 0 bridgehead atoms. The monoisotopic (exact) mass is 343 g/mol. The first-order valence-corrected chi connectivity index (χ1v) is 7.37. The van der Waals surface area contributed by atoms with Gasteiger partial charge in [-0.1, -0.05) is 32.7 Å². The second-order valence-corrected chi connectivity index (χ2v) is 5.99. The van der Waals surface area contributed by atoms with E-state index in [1.807, 2.05) is 42.1 Å². The number of benzene rings is 1. The third-order valence-electron chi connectivity index (χ3n) is 2.58. The number of halogens is 2. The first kappa shape index (κ1) is 14.3. The molecule has 1 heterocycles. The topological polar surface area (TPSA) is 39.9 Å². The Labute approximate surface area is 125 Å². The van der Waals surface area contributed by atoms with Crippen LogP contribution in [0, 0.1) is 0 Å². The van der Waals surface area contributed by atoms with Gasteiger partial charge in [0.15, 0.2) is 0 Å². The minimum Gasteiger partial charge on any atom is -0.494 e. The van der Waals surface area contributed by atoms with Crippen molar-refractivity contribution >= 4 is 27.5 Å². The number of hydrogen-bond acceptors (Lipinski definition) is 3. The van der Waals surface area contributed by atoms with Gasteiger partial charge in [-0.15, -0.1) is 5.10 Å². The molecule has 0 fully saturated rings. The van der Waals surface area contributed by atoms with Crippen LogP contribution in [0.2, 0.25) is 5.02 Å². The largest absolute Gasteiger partial charge is 0.494 e. The molecule has 1 aromatic carbocycles. The zero-order valence-electron chi connectivity index (χ0n) is 10.6. The molecule has 102 valence electrons. The molecule has 0 aliphatic carbocycles. The fraction of sp³-hybridized carbons (Fsp3) is 0.385. The van der Waals surface area contributed by atoms with E-state index in [2.05, 4.69) is 26.2 Å². The first-order valence-electron chi connectivity index (χ1n) is 6.07. The molecule has 1 unspecified atom stereocenters. The summed E-state index contributed by atoms with van der Waals surface area (Å²) in [5.41, 5.74) is 0.943. The average molecular weight is 345 g/mol. The summed E-state index contributed by atoms with van der Waals surface area (Å²) in [5, 5.41) is 8.84. The number of rotatable bonds is 6. The lowest BCUT2D eigenvalue weighted by Crippen LogP contribution is -2.05. The van der Waals surface area contributed by atoms with Gasteiger partial charge in [0.1, 0.15) is 5.75 Å². The van der Waals surface area contributed by atoms with E-state index in [0.717, 1.165) is 24.4 Å². The predicted octanol–water partition coefficient (Wildman–Crippen LogP) is 3.86. The fourth-order valence-corrected chi connectivity index (χ4v) is 1.89. The molecular formula is C13H15BrClN3O.